The second kappa shape index (κ2) is 2.91. The van der Waals surface area contributed by atoms with E-state index in [1.165, 1.54) is 0 Å². The summed E-state index contributed by atoms with van der Waals surface area (Å²) < 4.78 is 0. The molecule has 0 amide bonds. The molecule has 1 aliphatic rings. The number of benzene rings is 1. The minimum absolute atomic E-state index is 0.295. The molecular formula is C9H9Cl2N. The summed E-state index contributed by atoms with van der Waals surface area (Å²) in [6.45, 7) is 0. The monoisotopic (exact) mass is 201 g/mol. The summed E-state index contributed by atoms with van der Waals surface area (Å²) >= 11 is 11.8. The average Bonchev–Trinajstić information content (AvgIpc) is 2.66. The van der Waals surface area contributed by atoms with Crippen molar-refractivity contribution in [3.63, 3.8) is 0 Å². The van der Waals surface area contributed by atoms with Crippen LogP contribution in [0.2, 0.25) is 10.0 Å². The summed E-state index contributed by atoms with van der Waals surface area (Å²) in [4.78, 5) is 0. The lowest BCUT2D eigenvalue weighted by atomic mass is 10.1. The zero-order valence-electron chi connectivity index (χ0n) is 6.43. The maximum absolute atomic E-state index is 5.99. The molecular weight excluding hydrogens is 193 g/mol. The lowest BCUT2D eigenvalue weighted by molar-refractivity contribution is 0.991. The van der Waals surface area contributed by atoms with E-state index in [4.69, 9.17) is 28.9 Å². The molecule has 0 unspecified atom stereocenters. The van der Waals surface area contributed by atoms with Crippen LogP contribution < -0.4 is 5.73 Å². The maximum atomic E-state index is 5.99. The number of hydrogen-bond acceptors (Lipinski definition) is 1. The van der Waals surface area contributed by atoms with Crippen LogP contribution in [0.1, 0.15) is 17.9 Å². The predicted molar refractivity (Wildman–Crippen MR) is 51.8 cm³/mol. The van der Waals surface area contributed by atoms with E-state index in [2.05, 4.69) is 0 Å². The topological polar surface area (TPSA) is 26.0 Å². The normalized spacial score (nSPS) is 27.2. The van der Waals surface area contributed by atoms with Crippen molar-refractivity contribution < 1.29 is 0 Å². The minimum atomic E-state index is 0.295. The SMILES string of the molecule is N[C@@H]1C[C@@H]1c1ccc(Cl)cc1Cl. The molecule has 2 atom stereocenters. The van der Waals surface area contributed by atoms with E-state index in [9.17, 15) is 0 Å². The Kier molecular flexibility index (Phi) is 2.03. The van der Waals surface area contributed by atoms with Crippen molar-refractivity contribution in [1.82, 2.24) is 0 Å². The van der Waals surface area contributed by atoms with E-state index in [1.807, 2.05) is 12.1 Å². The van der Waals surface area contributed by atoms with Crippen molar-refractivity contribution in [2.45, 2.75) is 18.4 Å². The quantitative estimate of drug-likeness (QED) is 0.744. The molecule has 0 aromatic heterocycles. The van der Waals surface area contributed by atoms with Crippen LogP contribution in [0.25, 0.3) is 0 Å². The van der Waals surface area contributed by atoms with Gasteiger partial charge in [-0.1, -0.05) is 29.3 Å². The number of nitrogens with two attached hydrogens (primary N) is 1. The van der Waals surface area contributed by atoms with Crippen LogP contribution in [0.15, 0.2) is 18.2 Å². The van der Waals surface area contributed by atoms with E-state index in [0.29, 0.717) is 17.0 Å². The number of hydrogen-bond donors (Lipinski definition) is 1. The second-order valence-corrected chi connectivity index (χ2v) is 4.02. The van der Waals surface area contributed by atoms with Crippen LogP contribution in [0.4, 0.5) is 0 Å². The van der Waals surface area contributed by atoms with Gasteiger partial charge in [0.1, 0.15) is 0 Å². The molecule has 1 aromatic carbocycles. The van der Waals surface area contributed by atoms with Gasteiger partial charge in [-0.15, -0.1) is 0 Å². The van der Waals surface area contributed by atoms with Crippen molar-refractivity contribution in [3.05, 3.63) is 33.8 Å². The van der Waals surface area contributed by atoms with E-state index < -0.39 is 0 Å². The number of halogens is 2. The van der Waals surface area contributed by atoms with Crippen molar-refractivity contribution in [2.24, 2.45) is 5.73 Å². The van der Waals surface area contributed by atoms with Crippen molar-refractivity contribution in [2.75, 3.05) is 0 Å². The van der Waals surface area contributed by atoms with Gasteiger partial charge in [-0.2, -0.15) is 0 Å². The van der Waals surface area contributed by atoms with Crippen LogP contribution in [-0.4, -0.2) is 6.04 Å². The van der Waals surface area contributed by atoms with Gasteiger partial charge in [-0.3, -0.25) is 0 Å². The summed E-state index contributed by atoms with van der Waals surface area (Å²) in [5, 5.41) is 1.42. The fourth-order valence-electron chi connectivity index (χ4n) is 1.37. The van der Waals surface area contributed by atoms with Gasteiger partial charge in [0.05, 0.1) is 0 Å². The molecule has 1 saturated carbocycles. The Hall–Kier alpha value is -0.240. The molecule has 1 fully saturated rings. The Balaban J connectivity index is 2.33. The minimum Gasteiger partial charge on any atom is -0.327 e. The van der Waals surface area contributed by atoms with E-state index in [1.54, 1.807) is 6.07 Å². The predicted octanol–water partition coefficient (Wildman–Crippen LogP) is 2.81. The summed E-state index contributed by atoms with van der Waals surface area (Å²) in [6.07, 6.45) is 1.04. The lowest BCUT2D eigenvalue weighted by Gasteiger charge is -2.01. The molecule has 0 bridgehead atoms. The first-order valence-electron chi connectivity index (χ1n) is 3.89. The first-order valence-corrected chi connectivity index (χ1v) is 4.64. The fourth-order valence-corrected chi connectivity index (χ4v) is 1.92. The van der Waals surface area contributed by atoms with E-state index in [0.717, 1.165) is 17.0 Å². The molecule has 0 radical (unpaired) electrons. The highest BCUT2D eigenvalue weighted by Crippen LogP contribution is 2.42. The van der Waals surface area contributed by atoms with Crippen molar-refractivity contribution in [3.8, 4) is 0 Å². The van der Waals surface area contributed by atoms with Crippen LogP contribution in [0, 0.1) is 0 Å². The van der Waals surface area contributed by atoms with Gasteiger partial charge in [-0.25, -0.2) is 0 Å². The second-order valence-electron chi connectivity index (χ2n) is 3.17. The Morgan fingerprint density at radius 1 is 1.33 bits per heavy atom. The molecule has 0 heterocycles. The standard InChI is InChI=1S/C9H9Cl2N/c10-5-1-2-6(8(11)3-5)7-4-9(7)12/h1-3,7,9H,4,12H2/t7-,9-/m1/s1. The molecule has 64 valence electrons. The molecule has 2 N–H and O–H groups in total. The molecule has 0 saturated heterocycles. The summed E-state index contributed by atoms with van der Waals surface area (Å²) in [5.41, 5.74) is 6.85. The highest BCUT2D eigenvalue weighted by molar-refractivity contribution is 6.35. The summed E-state index contributed by atoms with van der Waals surface area (Å²) in [5.74, 6) is 0.453. The van der Waals surface area contributed by atoms with Crippen LogP contribution in [0.3, 0.4) is 0 Å². The third kappa shape index (κ3) is 1.45. The molecule has 1 aliphatic carbocycles. The summed E-state index contributed by atoms with van der Waals surface area (Å²) in [7, 11) is 0. The molecule has 0 spiro atoms. The molecule has 1 nitrogen and oxygen atoms in total. The largest absolute Gasteiger partial charge is 0.327 e. The van der Waals surface area contributed by atoms with Crippen molar-refractivity contribution >= 4 is 23.2 Å². The Labute approximate surface area is 81.5 Å². The molecule has 2 rings (SSSR count). The Morgan fingerprint density at radius 2 is 2.00 bits per heavy atom. The first-order chi connectivity index (χ1) is 5.68. The van der Waals surface area contributed by atoms with Gasteiger partial charge in [-0.05, 0) is 24.1 Å². The number of rotatable bonds is 1. The fraction of sp³-hybridized carbons (Fsp3) is 0.333. The van der Waals surface area contributed by atoms with E-state index >= 15 is 0 Å². The van der Waals surface area contributed by atoms with Gasteiger partial charge >= 0.3 is 0 Å². The maximum Gasteiger partial charge on any atom is 0.0456 e. The highest BCUT2D eigenvalue weighted by Gasteiger charge is 2.36. The summed E-state index contributed by atoms with van der Waals surface area (Å²) in [6, 6.07) is 5.88. The Morgan fingerprint density at radius 3 is 2.50 bits per heavy atom. The van der Waals surface area contributed by atoms with Crippen molar-refractivity contribution in [1.29, 1.82) is 0 Å². The van der Waals surface area contributed by atoms with Crippen LogP contribution in [0.5, 0.6) is 0 Å². The lowest BCUT2D eigenvalue weighted by Crippen LogP contribution is -2.01. The van der Waals surface area contributed by atoms with Crippen LogP contribution in [-0.2, 0) is 0 Å². The Bertz CT molecular complexity index is 311. The molecule has 3 heteroatoms. The molecule has 0 aliphatic heterocycles. The zero-order valence-corrected chi connectivity index (χ0v) is 7.94. The van der Waals surface area contributed by atoms with Gasteiger partial charge in [0, 0.05) is 22.0 Å². The van der Waals surface area contributed by atoms with Gasteiger partial charge in [0.25, 0.3) is 0 Å². The van der Waals surface area contributed by atoms with Crippen LogP contribution >= 0.6 is 23.2 Å². The first kappa shape index (κ1) is 8.36. The zero-order chi connectivity index (χ0) is 8.72. The smallest absolute Gasteiger partial charge is 0.0456 e. The third-order valence-electron chi connectivity index (χ3n) is 2.20. The highest BCUT2D eigenvalue weighted by atomic mass is 35.5. The molecule has 1 aromatic rings. The van der Waals surface area contributed by atoms with Gasteiger partial charge < -0.3 is 5.73 Å². The third-order valence-corrected chi connectivity index (χ3v) is 2.76. The molecule has 12 heavy (non-hydrogen) atoms. The van der Waals surface area contributed by atoms with Gasteiger partial charge in [0.2, 0.25) is 0 Å². The average molecular weight is 202 g/mol. The van der Waals surface area contributed by atoms with E-state index in [-0.39, 0.29) is 0 Å². The van der Waals surface area contributed by atoms with Gasteiger partial charge in [0.15, 0.2) is 0 Å².